The van der Waals surface area contributed by atoms with Crippen LogP contribution in [0.2, 0.25) is 0 Å². The molecule has 31 heavy (non-hydrogen) atoms. The molecule has 7 heteroatoms. The molecule has 2 heterocycles. The minimum absolute atomic E-state index is 0.112. The predicted octanol–water partition coefficient (Wildman–Crippen LogP) is 4.40. The molecule has 0 fully saturated rings. The highest BCUT2D eigenvalue weighted by molar-refractivity contribution is 5.77. The van der Waals surface area contributed by atoms with Crippen LogP contribution in [0.25, 0.3) is 23.0 Å². The van der Waals surface area contributed by atoms with Crippen LogP contribution in [-0.2, 0) is 11.3 Å². The smallest absolute Gasteiger partial charge is 0.274 e. The first-order valence-corrected chi connectivity index (χ1v) is 10.0. The minimum atomic E-state index is -0.131. The first kappa shape index (κ1) is 20.4. The molecule has 0 bridgehead atoms. The highest BCUT2D eigenvalue weighted by Gasteiger charge is 2.16. The summed E-state index contributed by atoms with van der Waals surface area (Å²) >= 11 is 0. The van der Waals surface area contributed by atoms with Crippen LogP contribution in [0.3, 0.4) is 0 Å². The van der Waals surface area contributed by atoms with Crippen molar-refractivity contribution in [1.29, 1.82) is 0 Å². The molecule has 1 N–H and O–H groups in total. The lowest BCUT2D eigenvalue weighted by atomic mass is 10.1. The lowest BCUT2D eigenvalue weighted by Gasteiger charge is -2.15. The molecule has 2 aromatic heterocycles. The van der Waals surface area contributed by atoms with E-state index in [2.05, 4.69) is 15.5 Å². The Bertz CT molecular complexity index is 1160. The van der Waals surface area contributed by atoms with Crippen LogP contribution in [0, 0.1) is 6.92 Å². The summed E-state index contributed by atoms with van der Waals surface area (Å²) in [6, 6.07) is 19.1. The number of carbonyl (C=O) groups is 1. The van der Waals surface area contributed by atoms with E-state index in [9.17, 15) is 4.79 Å². The van der Waals surface area contributed by atoms with Gasteiger partial charge in [0, 0.05) is 11.8 Å². The standard InChI is InChI=1S/C24H24N4O3/c1-16-6-8-19(9-7-16)23-26-24(31-27-23)21-5-4-14-28(21)15-22(29)25-17(2)18-10-12-20(30-3)13-11-18/h4-14,17H,15H2,1-3H3,(H,25,29)/t17-/m1/s1. The van der Waals surface area contributed by atoms with Gasteiger partial charge in [0.1, 0.15) is 18.0 Å². The zero-order valence-electron chi connectivity index (χ0n) is 17.7. The molecule has 4 rings (SSSR count). The Morgan fingerprint density at radius 3 is 2.58 bits per heavy atom. The second-order valence-electron chi connectivity index (χ2n) is 7.37. The van der Waals surface area contributed by atoms with Crippen LogP contribution >= 0.6 is 0 Å². The average molecular weight is 416 g/mol. The number of hydrogen-bond acceptors (Lipinski definition) is 5. The summed E-state index contributed by atoms with van der Waals surface area (Å²) in [5, 5.41) is 7.10. The van der Waals surface area contributed by atoms with Gasteiger partial charge in [0.05, 0.1) is 13.2 Å². The fraction of sp³-hybridized carbons (Fsp3) is 0.208. The molecule has 0 aliphatic carbocycles. The number of benzene rings is 2. The predicted molar refractivity (Wildman–Crippen MR) is 117 cm³/mol. The fourth-order valence-electron chi connectivity index (χ4n) is 3.31. The van der Waals surface area contributed by atoms with Crippen molar-refractivity contribution in [3.05, 3.63) is 78.0 Å². The maximum Gasteiger partial charge on any atom is 0.274 e. The van der Waals surface area contributed by atoms with Crippen molar-refractivity contribution in [1.82, 2.24) is 20.0 Å². The molecule has 0 spiro atoms. The molecule has 0 saturated carbocycles. The third-order valence-electron chi connectivity index (χ3n) is 5.09. The van der Waals surface area contributed by atoms with Crippen LogP contribution < -0.4 is 10.1 Å². The van der Waals surface area contributed by atoms with Crippen molar-refractivity contribution in [3.63, 3.8) is 0 Å². The summed E-state index contributed by atoms with van der Waals surface area (Å²) in [4.78, 5) is 17.1. The van der Waals surface area contributed by atoms with Gasteiger partial charge in [0.15, 0.2) is 0 Å². The normalized spacial score (nSPS) is 11.8. The number of aryl methyl sites for hydroxylation is 1. The zero-order valence-corrected chi connectivity index (χ0v) is 17.7. The Labute approximate surface area is 180 Å². The molecule has 0 unspecified atom stereocenters. The first-order valence-electron chi connectivity index (χ1n) is 10.0. The van der Waals surface area contributed by atoms with Gasteiger partial charge in [-0.25, -0.2) is 0 Å². The van der Waals surface area contributed by atoms with Crippen molar-refractivity contribution in [2.45, 2.75) is 26.4 Å². The van der Waals surface area contributed by atoms with Gasteiger partial charge in [0.2, 0.25) is 11.7 Å². The van der Waals surface area contributed by atoms with Crippen molar-refractivity contribution in [3.8, 4) is 28.7 Å². The number of nitrogens with zero attached hydrogens (tertiary/aromatic N) is 3. The Balaban J connectivity index is 1.44. The first-order chi connectivity index (χ1) is 15.0. The maximum atomic E-state index is 12.6. The van der Waals surface area contributed by atoms with Gasteiger partial charge in [-0.15, -0.1) is 0 Å². The van der Waals surface area contributed by atoms with Crippen molar-refractivity contribution >= 4 is 5.91 Å². The van der Waals surface area contributed by atoms with Crippen LogP contribution in [0.4, 0.5) is 0 Å². The summed E-state index contributed by atoms with van der Waals surface area (Å²) in [6.45, 7) is 4.12. The Morgan fingerprint density at radius 2 is 1.87 bits per heavy atom. The third kappa shape index (κ3) is 4.66. The van der Waals surface area contributed by atoms with Crippen LogP contribution in [0.5, 0.6) is 5.75 Å². The molecule has 158 valence electrons. The topological polar surface area (TPSA) is 82.2 Å². The molecular formula is C24H24N4O3. The number of methoxy groups -OCH3 is 1. The largest absolute Gasteiger partial charge is 0.497 e. The Hall–Kier alpha value is -3.87. The summed E-state index contributed by atoms with van der Waals surface area (Å²) in [7, 11) is 1.63. The summed E-state index contributed by atoms with van der Waals surface area (Å²) in [5.41, 5.74) is 3.74. The maximum absolute atomic E-state index is 12.6. The molecule has 2 aromatic carbocycles. The van der Waals surface area contributed by atoms with E-state index in [0.717, 1.165) is 22.4 Å². The van der Waals surface area contributed by atoms with Crippen molar-refractivity contribution in [2.24, 2.45) is 0 Å². The molecule has 0 saturated heterocycles. The summed E-state index contributed by atoms with van der Waals surface area (Å²) in [6.07, 6.45) is 1.82. The number of hydrogen-bond donors (Lipinski definition) is 1. The van der Waals surface area contributed by atoms with Crippen LogP contribution in [0.15, 0.2) is 71.4 Å². The highest BCUT2D eigenvalue weighted by atomic mass is 16.5. The van der Waals surface area contributed by atoms with E-state index in [-0.39, 0.29) is 18.5 Å². The van der Waals surface area contributed by atoms with Crippen molar-refractivity contribution < 1.29 is 14.1 Å². The zero-order chi connectivity index (χ0) is 21.8. The average Bonchev–Trinajstić information content (AvgIpc) is 3.43. The molecule has 7 nitrogen and oxygen atoms in total. The van der Waals surface area contributed by atoms with Crippen LogP contribution in [0.1, 0.15) is 24.1 Å². The second kappa shape index (κ2) is 8.87. The quantitative estimate of drug-likeness (QED) is 0.483. The van der Waals surface area contributed by atoms with Gasteiger partial charge in [-0.05, 0) is 43.7 Å². The van der Waals surface area contributed by atoms with Gasteiger partial charge >= 0.3 is 0 Å². The SMILES string of the molecule is COc1ccc([C@@H](C)NC(=O)Cn2cccc2-c2nc(-c3ccc(C)cc3)no2)cc1. The minimum Gasteiger partial charge on any atom is -0.497 e. The fourth-order valence-corrected chi connectivity index (χ4v) is 3.31. The molecule has 0 radical (unpaired) electrons. The van der Waals surface area contributed by atoms with E-state index in [1.165, 1.54) is 0 Å². The second-order valence-corrected chi connectivity index (χ2v) is 7.37. The van der Waals surface area contributed by atoms with E-state index in [1.807, 2.05) is 80.7 Å². The van der Waals surface area contributed by atoms with E-state index >= 15 is 0 Å². The number of nitrogens with one attached hydrogen (secondary N) is 1. The number of amides is 1. The van der Waals surface area contributed by atoms with Gasteiger partial charge < -0.3 is 19.1 Å². The summed E-state index contributed by atoms with van der Waals surface area (Å²) in [5.74, 6) is 1.56. The van der Waals surface area contributed by atoms with E-state index in [4.69, 9.17) is 9.26 Å². The van der Waals surface area contributed by atoms with E-state index in [0.29, 0.717) is 17.4 Å². The molecule has 0 aliphatic rings. The van der Waals surface area contributed by atoms with E-state index < -0.39 is 0 Å². The van der Waals surface area contributed by atoms with Gasteiger partial charge in [-0.1, -0.05) is 47.1 Å². The Kier molecular flexibility index (Phi) is 5.84. The number of aromatic nitrogens is 3. The van der Waals surface area contributed by atoms with Gasteiger partial charge in [-0.2, -0.15) is 4.98 Å². The molecular weight excluding hydrogens is 392 g/mol. The number of carbonyl (C=O) groups excluding carboxylic acids is 1. The van der Waals surface area contributed by atoms with E-state index in [1.54, 1.807) is 11.7 Å². The molecule has 0 aliphatic heterocycles. The van der Waals surface area contributed by atoms with Gasteiger partial charge in [0.25, 0.3) is 5.89 Å². The van der Waals surface area contributed by atoms with Crippen molar-refractivity contribution in [2.75, 3.05) is 7.11 Å². The third-order valence-corrected chi connectivity index (χ3v) is 5.09. The number of rotatable bonds is 7. The highest BCUT2D eigenvalue weighted by Crippen LogP contribution is 2.23. The Morgan fingerprint density at radius 1 is 1.13 bits per heavy atom. The molecule has 1 atom stereocenters. The van der Waals surface area contributed by atoms with Gasteiger partial charge in [-0.3, -0.25) is 4.79 Å². The van der Waals surface area contributed by atoms with Crippen LogP contribution in [-0.4, -0.2) is 27.7 Å². The summed E-state index contributed by atoms with van der Waals surface area (Å²) < 4.78 is 12.4. The lowest BCUT2D eigenvalue weighted by molar-refractivity contribution is -0.122. The molecule has 1 amide bonds. The monoisotopic (exact) mass is 416 g/mol. The lowest BCUT2D eigenvalue weighted by Crippen LogP contribution is -2.30. The molecule has 4 aromatic rings. The number of ether oxygens (including phenoxy) is 1.